The predicted molar refractivity (Wildman–Crippen MR) is 109 cm³/mol. The van der Waals surface area contributed by atoms with Gasteiger partial charge in [-0.15, -0.1) is 0 Å². The molecule has 3 rings (SSSR count). The monoisotopic (exact) mass is 362 g/mol. The second-order valence-electron chi connectivity index (χ2n) is 7.33. The quantitative estimate of drug-likeness (QED) is 0.532. The SMILES string of the molecule is COc1cc2c(cc1/C=C(\C#N)c1ccc(F)cc1)C(C)=CC(C)(C)N2C. The summed E-state index contributed by atoms with van der Waals surface area (Å²) in [6.07, 6.45) is 4.03. The van der Waals surface area contributed by atoms with E-state index in [0.717, 1.165) is 16.8 Å². The van der Waals surface area contributed by atoms with E-state index in [1.807, 2.05) is 12.1 Å². The molecule has 2 aromatic rings. The molecule has 1 aliphatic rings. The molecule has 1 aliphatic heterocycles. The summed E-state index contributed by atoms with van der Waals surface area (Å²) in [6, 6.07) is 12.2. The maximum Gasteiger partial charge on any atom is 0.128 e. The van der Waals surface area contributed by atoms with Crippen LogP contribution in [0.1, 0.15) is 37.5 Å². The van der Waals surface area contributed by atoms with Gasteiger partial charge in [0, 0.05) is 29.9 Å². The number of nitriles is 1. The first-order chi connectivity index (χ1) is 12.8. The third-order valence-corrected chi connectivity index (χ3v) is 5.14. The second kappa shape index (κ2) is 6.92. The van der Waals surface area contributed by atoms with Crippen molar-refractivity contribution in [2.24, 2.45) is 0 Å². The highest BCUT2D eigenvalue weighted by Gasteiger charge is 2.29. The zero-order valence-electron chi connectivity index (χ0n) is 16.3. The van der Waals surface area contributed by atoms with Crippen molar-refractivity contribution in [1.29, 1.82) is 5.26 Å². The number of hydrogen-bond acceptors (Lipinski definition) is 3. The molecule has 4 heteroatoms. The molecule has 27 heavy (non-hydrogen) atoms. The number of rotatable bonds is 3. The predicted octanol–water partition coefficient (Wildman–Crippen LogP) is 5.53. The van der Waals surface area contributed by atoms with Crippen LogP contribution in [-0.2, 0) is 0 Å². The molecule has 0 bridgehead atoms. The highest BCUT2D eigenvalue weighted by molar-refractivity contribution is 5.93. The van der Waals surface area contributed by atoms with Gasteiger partial charge in [0.1, 0.15) is 11.6 Å². The Morgan fingerprint density at radius 1 is 1.22 bits per heavy atom. The minimum absolute atomic E-state index is 0.0919. The Hall–Kier alpha value is -3.06. The second-order valence-corrected chi connectivity index (χ2v) is 7.33. The van der Waals surface area contributed by atoms with Crippen LogP contribution in [0.3, 0.4) is 0 Å². The van der Waals surface area contributed by atoms with Crippen LogP contribution in [0.25, 0.3) is 17.2 Å². The van der Waals surface area contributed by atoms with Gasteiger partial charge in [-0.2, -0.15) is 5.26 Å². The topological polar surface area (TPSA) is 36.3 Å². The Bertz CT molecular complexity index is 979. The third-order valence-electron chi connectivity index (χ3n) is 5.14. The lowest BCUT2D eigenvalue weighted by atomic mass is 9.88. The molecule has 3 nitrogen and oxygen atoms in total. The molecule has 2 aromatic carbocycles. The molecule has 0 fully saturated rings. The number of ether oxygens (including phenoxy) is 1. The fourth-order valence-electron chi connectivity index (χ4n) is 3.45. The van der Waals surface area contributed by atoms with E-state index in [0.29, 0.717) is 16.9 Å². The number of benzene rings is 2. The third kappa shape index (κ3) is 3.46. The highest BCUT2D eigenvalue weighted by atomic mass is 19.1. The smallest absolute Gasteiger partial charge is 0.128 e. The van der Waals surface area contributed by atoms with Gasteiger partial charge >= 0.3 is 0 Å². The Labute approximate surface area is 160 Å². The minimum Gasteiger partial charge on any atom is -0.496 e. The number of methoxy groups -OCH3 is 1. The van der Waals surface area contributed by atoms with Crippen LogP contribution in [0, 0.1) is 17.1 Å². The summed E-state index contributed by atoms with van der Waals surface area (Å²) in [4.78, 5) is 2.22. The zero-order chi connectivity index (χ0) is 19.8. The van der Waals surface area contributed by atoms with Crippen molar-refractivity contribution in [3.05, 3.63) is 65.0 Å². The minimum atomic E-state index is -0.325. The molecular weight excluding hydrogens is 339 g/mol. The molecule has 0 saturated carbocycles. The molecule has 1 heterocycles. The van der Waals surface area contributed by atoms with Crippen LogP contribution in [0.2, 0.25) is 0 Å². The molecule has 0 saturated heterocycles. The fourth-order valence-corrected chi connectivity index (χ4v) is 3.45. The fraction of sp³-hybridized carbons (Fsp3) is 0.261. The number of hydrogen-bond donors (Lipinski definition) is 0. The average molecular weight is 362 g/mol. The standard InChI is InChI=1S/C23H23FN2O/c1-15-13-23(2,3)26(4)21-12-22(27-5)17(11-20(15)21)10-18(14-25)16-6-8-19(24)9-7-16/h6-13H,1-5H3/b18-10+. The Balaban J connectivity index is 2.16. The Kier molecular flexibility index (Phi) is 4.80. The van der Waals surface area contributed by atoms with Gasteiger partial charge in [-0.1, -0.05) is 18.2 Å². The lowest BCUT2D eigenvalue weighted by molar-refractivity contribution is 0.413. The average Bonchev–Trinajstić information content (AvgIpc) is 2.64. The summed E-state index contributed by atoms with van der Waals surface area (Å²) in [5.74, 6) is 0.370. The molecule has 138 valence electrons. The first-order valence-corrected chi connectivity index (χ1v) is 8.80. The van der Waals surface area contributed by atoms with E-state index in [1.54, 1.807) is 25.3 Å². The maximum absolute atomic E-state index is 13.2. The van der Waals surface area contributed by atoms with E-state index in [9.17, 15) is 9.65 Å². The van der Waals surface area contributed by atoms with E-state index in [-0.39, 0.29) is 11.4 Å². The van der Waals surface area contributed by atoms with Crippen LogP contribution in [-0.4, -0.2) is 19.7 Å². The van der Waals surface area contributed by atoms with Crippen molar-refractivity contribution >= 4 is 22.9 Å². The molecule has 0 N–H and O–H groups in total. The molecule has 0 aromatic heterocycles. The van der Waals surface area contributed by atoms with Gasteiger partial charge in [0.05, 0.1) is 24.3 Å². The van der Waals surface area contributed by atoms with Gasteiger partial charge in [0.2, 0.25) is 0 Å². The van der Waals surface area contributed by atoms with Crippen LogP contribution in [0.15, 0.2) is 42.5 Å². The molecule has 0 atom stereocenters. The van der Waals surface area contributed by atoms with Crippen LogP contribution in [0.4, 0.5) is 10.1 Å². The van der Waals surface area contributed by atoms with Gasteiger partial charge < -0.3 is 9.64 Å². The molecule has 0 aliphatic carbocycles. The van der Waals surface area contributed by atoms with Crippen molar-refractivity contribution in [2.45, 2.75) is 26.3 Å². The lowest BCUT2D eigenvalue weighted by Gasteiger charge is -2.41. The molecular formula is C23H23FN2O. The number of anilines is 1. The lowest BCUT2D eigenvalue weighted by Crippen LogP contribution is -2.42. The van der Waals surface area contributed by atoms with Crippen LogP contribution < -0.4 is 9.64 Å². The summed E-state index contributed by atoms with van der Waals surface area (Å²) in [5, 5.41) is 9.60. The van der Waals surface area contributed by atoms with E-state index in [2.05, 4.69) is 44.9 Å². The number of fused-ring (bicyclic) bond motifs is 1. The molecule has 0 amide bonds. The van der Waals surface area contributed by atoms with Crippen molar-refractivity contribution in [3.63, 3.8) is 0 Å². The van der Waals surface area contributed by atoms with E-state index in [1.165, 1.54) is 17.7 Å². The van der Waals surface area contributed by atoms with Gasteiger partial charge in [-0.25, -0.2) is 4.39 Å². The van der Waals surface area contributed by atoms with Gasteiger partial charge in [-0.05, 0) is 56.2 Å². The van der Waals surface area contributed by atoms with Crippen molar-refractivity contribution in [2.75, 3.05) is 19.1 Å². The van der Waals surface area contributed by atoms with E-state index in [4.69, 9.17) is 4.74 Å². The molecule has 0 unspecified atom stereocenters. The first kappa shape index (κ1) is 18.7. The summed E-state index contributed by atoms with van der Waals surface area (Å²) in [6.45, 7) is 6.43. The number of likely N-dealkylation sites (N-methyl/N-ethyl adjacent to an activating group) is 1. The van der Waals surface area contributed by atoms with Gasteiger partial charge in [0.25, 0.3) is 0 Å². The first-order valence-electron chi connectivity index (χ1n) is 8.80. The van der Waals surface area contributed by atoms with Crippen LogP contribution >= 0.6 is 0 Å². The number of nitrogens with zero attached hydrogens (tertiary/aromatic N) is 2. The van der Waals surface area contributed by atoms with E-state index >= 15 is 0 Å². The highest BCUT2D eigenvalue weighted by Crippen LogP contribution is 2.42. The Morgan fingerprint density at radius 2 is 1.89 bits per heavy atom. The maximum atomic E-state index is 13.2. The Morgan fingerprint density at radius 3 is 2.48 bits per heavy atom. The summed E-state index contributed by atoms with van der Waals surface area (Å²) in [5.41, 5.74) is 5.24. The normalized spacial score (nSPS) is 15.7. The number of allylic oxidation sites excluding steroid dienone is 2. The van der Waals surface area contributed by atoms with Gasteiger partial charge in [-0.3, -0.25) is 0 Å². The van der Waals surface area contributed by atoms with E-state index < -0.39 is 0 Å². The van der Waals surface area contributed by atoms with Crippen molar-refractivity contribution in [3.8, 4) is 11.8 Å². The van der Waals surface area contributed by atoms with Crippen molar-refractivity contribution in [1.82, 2.24) is 0 Å². The largest absolute Gasteiger partial charge is 0.496 e. The summed E-state index contributed by atoms with van der Waals surface area (Å²) in [7, 11) is 3.69. The number of halogens is 1. The summed E-state index contributed by atoms with van der Waals surface area (Å²) < 4.78 is 18.8. The van der Waals surface area contributed by atoms with Crippen molar-refractivity contribution < 1.29 is 9.13 Å². The van der Waals surface area contributed by atoms with Crippen LogP contribution in [0.5, 0.6) is 5.75 Å². The summed E-state index contributed by atoms with van der Waals surface area (Å²) >= 11 is 0. The molecule has 0 radical (unpaired) electrons. The molecule has 0 spiro atoms. The zero-order valence-corrected chi connectivity index (χ0v) is 16.3. The van der Waals surface area contributed by atoms with Gasteiger partial charge in [0.15, 0.2) is 0 Å².